The van der Waals surface area contributed by atoms with E-state index in [0.29, 0.717) is 16.1 Å². The molecule has 3 N–H and O–H groups in total. The number of nitrogens with one attached hydrogen (secondary N) is 2. The van der Waals surface area contributed by atoms with Gasteiger partial charge in [0, 0.05) is 17.0 Å². The van der Waals surface area contributed by atoms with Crippen LogP contribution in [0.25, 0.3) is 11.1 Å². The molecule has 0 aliphatic rings. The maximum absolute atomic E-state index is 12.8. The Kier molecular flexibility index (Phi) is 8.18. The molecule has 168 valence electrons. The van der Waals surface area contributed by atoms with E-state index in [-0.39, 0.29) is 28.8 Å². The van der Waals surface area contributed by atoms with Gasteiger partial charge in [-0.15, -0.1) is 0 Å². The Morgan fingerprint density at radius 2 is 1.48 bits per heavy atom. The highest BCUT2D eigenvalue weighted by Gasteiger charge is 2.23. The quantitative estimate of drug-likeness (QED) is 0.396. The Morgan fingerprint density at radius 3 is 2.03 bits per heavy atom. The van der Waals surface area contributed by atoms with E-state index in [2.05, 4.69) is 10.6 Å². The largest absolute Gasteiger partial charge is 0.505 e. The van der Waals surface area contributed by atoms with Gasteiger partial charge in [0.25, 0.3) is 5.91 Å². The van der Waals surface area contributed by atoms with Gasteiger partial charge in [0.05, 0.1) is 16.1 Å². The Balaban J connectivity index is 1.78. The molecule has 33 heavy (non-hydrogen) atoms. The van der Waals surface area contributed by atoms with Crippen molar-refractivity contribution in [2.24, 2.45) is 0 Å². The van der Waals surface area contributed by atoms with E-state index >= 15 is 0 Å². The summed E-state index contributed by atoms with van der Waals surface area (Å²) >= 11 is 17.9. The highest BCUT2D eigenvalue weighted by atomic mass is 35.5. The summed E-state index contributed by atoms with van der Waals surface area (Å²) in [4.78, 5) is 25.4. The van der Waals surface area contributed by atoms with Crippen molar-refractivity contribution in [2.75, 3.05) is 6.54 Å². The lowest BCUT2D eigenvalue weighted by molar-refractivity contribution is -0.122. The van der Waals surface area contributed by atoms with Crippen LogP contribution in [-0.2, 0) is 11.2 Å². The Bertz CT molecular complexity index is 1180. The average molecular weight is 503 g/mol. The van der Waals surface area contributed by atoms with Gasteiger partial charge in [0.1, 0.15) is 12.6 Å². The van der Waals surface area contributed by atoms with E-state index in [1.54, 1.807) is 36.4 Å². The van der Waals surface area contributed by atoms with Crippen LogP contribution in [-0.4, -0.2) is 29.5 Å². The standard InChI is InChI=1S/C24H18Cl3N3O3/c25-18-7-5-16(6-8-18)15-1-3-17(4-2-15)23(32)30-21(24(33)29-10-9-28)13-14-11-19(26)22(31)20(27)12-14/h1-8,11-12,21,31H,10,13H2,(H,29,33)(H,30,32)/t21-/m0/s1. The van der Waals surface area contributed by atoms with Crippen molar-refractivity contribution < 1.29 is 14.7 Å². The fourth-order valence-electron chi connectivity index (χ4n) is 3.13. The molecule has 6 nitrogen and oxygen atoms in total. The summed E-state index contributed by atoms with van der Waals surface area (Å²) in [5.74, 6) is -1.27. The Hall–Kier alpha value is -3.24. The van der Waals surface area contributed by atoms with Gasteiger partial charge in [0.15, 0.2) is 5.75 Å². The molecule has 3 aromatic carbocycles. The molecule has 0 saturated carbocycles. The summed E-state index contributed by atoms with van der Waals surface area (Å²) in [6, 6.07) is 17.9. The molecule has 0 spiro atoms. The number of phenolic OH excluding ortho intramolecular Hbond substituents is 1. The third-order valence-corrected chi connectivity index (χ3v) is 5.63. The molecule has 3 rings (SSSR count). The lowest BCUT2D eigenvalue weighted by atomic mass is 10.0. The molecule has 9 heteroatoms. The molecule has 0 aliphatic carbocycles. The maximum Gasteiger partial charge on any atom is 0.251 e. The number of rotatable bonds is 7. The van der Waals surface area contributed by atoms with Crippen molar-refractivity contribution in [3.05, 3.63) is 86.9 Å². The van der Waals surface area contributed by atoms with Crippen LogP contribution in [0.1, 0.15) is 15.9 Å². The lowest BCUT2D eigenvalue weighted by Gasteiger charge is -2.18. The SMILES string of the molecule is N#CCNC(=O)[C@H](Cc1cc(Cl)c(O)c(Cl)c1)NC(=O)c1ccc(-c2ccc(Cl)cc2)cc1. The molecule has 2 amide bonds. The molecule has 0 aliphatic heterocycles. The second-order valence-corrected chi connectivity index (χ2v) is 8.35. The molecule has 0 saturated heterocycles. The molecule has 0 fully saturated rings. The monoisotopic (exact) mass is 501 g/mol. The number of carbonyl (C=O) groups is 2. The average Bonchev–Trinajstić information content (AvgIpc) is 2.81. The van der Waals surface area contributed by atoms with Crippen LogP contribution in [0.4, 0.5) is 0 Å². The van der Waals surface area contributed by atoms with E-state index in [1.807, 2.05) is 18.2 Å². The van der Waals surface area contributed by atoms with Crippen molar-refractivity contribution in [1.82, 2.24) is 10.6 Å². The zero-order valence-electron chi connectivity index (χ0n) is 17.1. The van der Waals surface area contributed by atoms with Gasteiger partial charge in [-0.25, -0.2) is 0 Å². The van der Waals surface area contributed by atoms with Gasteiger partial charge >= 0.3 is 0 Å². The van der Waals surface area contributed by atoms with Crippen LogP contribution in [0.3, 0.4) is 0 Å². The molecule has 0 radical (unpaired) electrons. The summed E-state index contributed by atoms with van der Waals surface area (Å²) in [6.45, 7) is -0.210. The first-order chi connectivity index (χ1) is 15.8. The fraction of sp³-hybridized carbons (Fsp3) is 0.125. The number of phenols is 1. The topological polar surface area (TPSA) is 102 Å². The molecule has 3 aromatic rings. The number of benzene rings is 3. The number of aromatic hydroxyl groups is 1. The van der Waals surface area contributed by atoms with Gasteiger partial charge in [-0.2, -0.15) is 5.26 Å². The number of halogens is 3. The highest BCUT2D eigenvalue weighted by molar-refractivity contribution is 6.37. The summed E-state index contributed by atoms with van der Waals surface area (Å²) in [5, 5.41) is 24.3. The van der Waals surface area contributed by atoms with Crippen molar-refractivity contribution >= 4 is 46.6 Å². The van der Waals surface area contributed by atoms with Crippen LogP contribution >= 0.6 is 34.8 Å². The smallest absolute Gasteiger partial charge is 0.251 e. The second kappa shape index (κ2) is 11.1. The van der Waals surface area contributed by atoms with Gasteiger partial charge in [-0.05, 0) is 53.1 Å². The summed E-state index contributed by atoms with van der Waals surface area (Å²) in [6.07, 6.45) is 0.0472. The number of amides is 2. The van der Waals surface area contributed by atoms with Crippen molar-refractivity contribution in [3.8, 4) is 22.9 Å². The van der Waals surface area contributed by atoms with Gasteiger partial charge in [0.2, 0.25) is 5.91 Å². The predicted octanol–water partition coefficient (Wildman–Crippen LogP) is 5.00. The van der Waals surface area contributed by atoms with E-state index in [4.69, 9.17) is 40.1 Å². The van der Waals surface area contributed by atoms with Crippen LogP contribution in [0.2, 0.25) is 15.1 Å². The van der Waals surface area contributed by atoms with E-state index in [1.165, 1.54) is 12.1 Å². The first-order valence-corrected chi connectivity index (χ1v) is 10.9. The third kappa shape index (κ3) is 6.39. The number of nitrogens with zero attached hydrogens (tertiary/aromatic N) is 1. The van der Waals surface area contributed by atoms with Gasteiger partial charge in [-0.3, -0.25) is 9.59 Å². The molecule has 0 bridgehead atoms. The highest BCUT2D eigenvalue weighted by Crippen LogP contribution is 2.33. The van der Waals surface area contributed by atoms with Crippen molar-refractivity contribution in [3.63, 3.8) is 0 Å². The van der Waals surface area contributed by atoms with Gasteiger partial charge < -0.3 is 15.7 Å². The normalized spacial score (nSPS) is 11.3. The minimum atomic E-state index is -1.00. The molecule has 0 aromatic heterocycles. The number of carbonyl (C=O) groups excluding carboxylic acids is 2. The Labute approximate surface area is 205 Å². The second-order valence-electron chi connectivity index (χ2n) is 7.10. The Morgan fingerprint density at radius 1 is 0.939 bits per heavy atom. The number of nitriles is 1. The first-order valence-electron chi connectivity index (χ1n) is 9.77. The zero-order chi connectivity index (χ0) is 24.0. The molecular formula is C24H18Cl3N3O3. The number of hydrogen-bond acceptors (Lipinski definition) is 4. The van der Waals surface area contributed by atoms with Crippen molar-refractivity contribution in [1.29, 1.82) is 5.26 Å². The van der Waals surface area contributed by atoms with E-state index < -0.39 is 17.9 Å². The molecule has 0 heterocycles. The molecular weight excluding hydrogens is 485 g/mol. The minimum absolute atomic E-state index is 0.0257. The maximum atomic E-state index is 12.8. The van der Waals surface area contributed by atoms with Crippen LogP contribution in [0.15, 0.2) is 60.7 Å². The minimum Gasteiger partial charge on any atom is -0.505 e. The van der Waals surface area contributed by atoms with Gasteiger partial charge in [-0.1, -0.05) is 59.1 Å². The summed E-state index contributed by atoms with van der Waals surface area (Å²) < 4.78 is 0. The van der Waals surface area contributed by atoms with E-state index in [9.17, 15) is 14.7 Å². The van der Waals surface area contributed by atoms with Crippen LogP contribution < -0.4 is 10.6 Å². The van der Waals surface area contributed by atoms with Crippen LogP contribution in [0, 0.1) is 11.3 Å². The first kappa shape index (κ1) is 24.4. The van der Waals surface area contributed by atoms with E-state index in [0.717, 1.165) is 11.1 Å². The van der Waals surface area contributed by atoms with Crippen molar-refractivity contribution in [2.45, 2.75) is 12.5 Å². The molecule has 1 atom stereocenters. The zero-order valence-corrected chi connectivity index (χ0v) is 19.4. The van der Waals surface area contributed by atoms with Crippen LogP contribution in [0.5, 0.6) is 5.75 Å². The predicted molar refractivity (Wildman–Crippen MR) is 129 cm³/mol. The third-order valence-electron chi connectivity index (χ3n) is 4.80. The lowest BCUT2D eigenvalue weighted by Crippen LogP contribution is -2.48. The molecule has 0 unspecified atom stereocenters. The summed E-state index contributed by atoms with van der Waals surface area (Å²) in [5.41, 5.74) is 2.73. The summed E-state index contributed by atoms with van der Waals surface area (Å²) in [7, 11) is 0. The number of hydrogen-bond donors (Lipinski definition) is 3. The fourth-order valence-corrected chi connectivity index (χ4v) is 3.79.